The average molecular weight is 260 g/mol. The molecule has 0 radical (unpaired) electrons. The number of carbonyl (C=O) groups is 2. The summed E-state index contributed by atoms with van der Waals surface area (Å²) in [6, 6.07) is 9.52. The maximum Gasteiger partial charge on any atom is 0.259 e. The van der Waals surface area contributed by atoms with Crippen molar-refractivity contribution in [2.24, 2.45) is 11.7 Å². The molecule has 0 aliphatic carbocycles. The molecule has 0 saturated heterocycles. The minimum Gasteiger partial charge on any atom is -0.369 e. The van der Waals surface area contributed by atoms with Crippen molar-refractivity contribution >= 4 is 11.8 Å². The Morgan fingerprint density at radius 1 is 1.32 bits per heavy atom. The zero-order valence-corrected chi connectivity index (χ0v) is 10.5. The smallest absolute Gasteiger partial charge is 0.259 e. The van der Waals surface area contributed by atoms with E-state index < -0.39 is 11.8 Å². The number of carbonyl (C=O) groups excluding carboxylic acids is 2. The molecule has 1 unspecified atom stereocenters. The van der Waals surface area contributed by atoms with Crippen LogP contribution in [-0.4, -0.2) is 23.4 Å². The van der Waals surface area contributed by atoms with Crippen molar-refractivity contribution in [3.63, 3.8) is 0 Å². The molecule has 1 aliphatic rings. The third-order valence-electron chi connectivity index (χ3n) is 2.93. The number of nitrogens with two attached hydrogens (primary N) is 1. The Morgan fingerprint density at radius 2 is 2.05 bits per heavy atom. The van der Waals surface area contributed by atoms with Crippen LogP contribution in [0.4, 0.5) is 0 Å². The van der Waals surface area contributed by atoms with Gasteiger partial charge in [-0.15, -0.1) is 0 Å². The summed E-state index contributed by atoms with van der Waals surface area (Å²) in [5.41, 5.74) is 6.18. The number of hydrogen-bond donors (Lipinski definition) is 1. The number of rotatable bonds is 4. The number of benzene rings is 1. The van der Waals surface area contributed by atoms with E-state index in [1.165, 1.54) is 5.06 Å². The lowest BCUT2D eigenvalue weighted by molar-refractivity contribution is -0.192. The Balaban J connectivity index is 2.00. The van der Waals surface area contributed by atoms with E-state index >= 15 is 0 Å². The van der Waals surface area contributed by atoms with Crippen LogP contribution in [0.5, 0.6) is 0 Å². The third-order valence-corrected chi connectivity index (χ3v) is 2.93. The van der Waals surface area contributed by atoms with Gasteiger partial charge in [-0.1, -0.05) is 42.5 Å². The molecule has 100 valence electrons. The van der Waals surface area contributed by atoms with Crippen molar-refractivity contribution < 1.29 is 14.4 Å². The second kappa shape index (κ2) is 6.15. The van der Waals surface area contributed by atoms with Crippen LogP contribution in [0.2, 0.25) is 0 Å². The van der Waals surface area contributed by atoms with Gasteiger partial charge in [0.15, 0.2) is 0 Å². The Bertz CT molecular complexity index is 485. The first-order chi connectivity index (χ1) is 9.18. The first-order valence-electron chi connectivity index (χ1n) is 6.11. The van der Waals surface area contributed by atoms with Crippen molar-refractivity contribution in [1.82, 2.24) is 5.06 Å². The lowest BCUT2D eigenvalue weighted by Crippen LogP contribution is -2.40. The van der Waals surface area contributed by atoms with E-state index in [9.17, 15) is 9.59 Å². The van der Waals surface area contributed by atoms with Crippen LogP contribution in [0.3, 0.4) is 0 Å². The second-order valence-electron chi connectivity index (χ2n) is 4.32. The summed E-state index contributed by atoms with van der Waals surface area (Å²) in [7, 11) is 0. The average Bonchev–Trinajstić information content (AvgIpc) is 2.60. The predicted octanol–water partition coefficient (Wildman–Crippen LogP) is 1.01. The quantitative estimate of drug-likeness (QED) is 0.648. The molecule has 1 aliphatic heterocycles. The van der Waals surface area contributed by atoms with Gasteiger partial charge in [0.2, 0.25) is 5.91 Å². The van der Waals surface area contributed by atoms with E-state index in [1.807, 2.05) is 30.3 Å². The fourth-order valence-corrected chi connectivity index (χ4v) is 1.85. The maximum absolute atomic E-state index is 12.1. The molecule has 1 heterocycles. The van der Waals surface area contributed by atoms with E-state index in [1.54, 1.807) is 12.2 Å². The molecular weight excluding hydrogens is 244 g/mol. The van der Waals surface area contributed by atoms with Gasteiger partial charge in [-0.3, -0.25) is 14.4 Å². The van der Waals surface area contributed by atoms with Crippen LogP contribution in [0.25, 0.3) is 0 Å². The lowest BCUT2D eigenvalue weighted by atomic mass is 10.0. The second-order valence-corrected chi connectivity index (χ2v) is 4.32. The summed E-state index contributed by atoms with van der Waals surface area (Å²) >= 11 is 0. The maximum atomic E-state index is 12.1. The van der Waals surface area contributed by atoms with Gasteiger partial charge in [0.05, 0.1) is 6.54 Å². The summed E-state index contributed by atoms with van der Waals surface area (Å²) in [4.78, 5) is 28.8. The minimum atomic E-state index is -0.838. The van der Waals surface area contributed by atoms with Crippen molar-refractivity contribution in [3.05, 3.63) is 48.0 Å². The highest BCUT2D eigenvalue weighted by Gasteiger charge is 2.30. The molecule has 5 nitrogen and oxygen atoms in total. The first kappa shape index (κ1) is 13.3. The standard InChI is InChI=1S/C14H16N2O3/c15-13(17)12-8-4-5-9-16(14(12)18)19-10-11-6-2-1-3-7-11/h1-7,12H,8-10H2,(H2,15,17). The van der Waals surface area contributed by atoms with Crippen LogP contribution < -0.4 is 5.73 Å². The topological polar surface area (TPSA) is 72.6 Å². The Kier molecular flexibility index (Phi) is 4.30. The first-order valence-corrected chi connectivity index (χ1v) is 6.11. The molecule has 0 fully saturated rings. The third kappa shape index (κ3) is 3.42. The van der Waals surface area contributed by atoms with Gasteiger partial charge < -0.3 is 5.73 Å². The van der Waals surface area contributed by atoms with E-state index in [2.05, 4.69) is 0 Å². The van der Waals surface area contributed by atoms with Gasteiger partial charge in [-0.05, 0) is 12.0 Å². The summed E-state index contributed by atoms with van der Waals surface area (Å²) in [6.45, 7) is 0.612. The molecule has 2 amide bonds. The van der Waals surface area contributed by atoms with Crippen molar-refractivity contribution in [2.45, 2.75) is 13.0 Å². The van der Waals surface area contributed by atoms with E-state index in [0.29, 0.717) is 13.0 Å². The molecule has 0 saturated carbocycles. The van der Waals surface area contributed by atoms with Gasteiger partial charge in [0.1, 0.15) is 12.5 Å². The fraction of sp³-hybridized carbons (Fsp3) is 0.286. The monoisotopic (exact) mass is 260 g/mol. The molecule has 1 aromatic rings. The SMILES string of the molecule is NC(=O)C1CC=CCN(OCc2ccccc2)C1=O. The number of amides is 2. The van der Waals surface area contributed by atoms with Gasteiger partial charge in [-0.25, -0.2) is 5.06 Å². The molecule has 0 aromatic heterocycles. The molecular formula is C14H16N2O3. The van der Waals surface area contributed by atoms with Crippen LogP contribution >= 0.6 is 0 Å². The highest BCUT2D eigenvalue weighted by molar-refractivity contribution is 5.99. The van der Waals surface area contributed by atoms with Gasteiger partial charge in [0, 0.05) is 0 Å². The number of hydrogen-bond acceptors (Lipinski definition) is 3. The van der Waals surface area contributed by atoms with Gasteiger partial charge in [-0.2, -0.15) is 0 Å². The van der Waals surface area contributed by atoms with Crippen LogP contribution in [0.15, 0.2) is 42.5 Å². The van der Waals surface area contributed by atoms with Crippen LogP contribution in [-0.2, 0) is 21.0 Å². The number of primary amides is 1. The summed E-state index contributed by atoms with van der Waals surface area (Å²) in [6.07, 6.45) is 3.91. The minimum absolute atomic E-state index is 0.284. The predicted molar refractivity (Wildman–Crippen MR) is 69.4 cm³/mol. The highest BCUT2D eigenvalue weighted by atomic mass is 16.7. The van der Waals surface area contributed by atoms with Crippen LogP contribution in [0.1, 0.15) is 12.0 Å². The number of nitrogens with zero attached hydrogens (tertiary/aromatic N) is 1. The Morgan fingerprint density at radius 3 is 2.74 bits per heavy atom. The highest BCUT2D eigenvalue weighted by Crippen LogP contribution is 2.14. The fourth-order valence-electron chi connectivity index (χ4n) is 1.85. The summed E-state index contributed by atoms with van der Waals surface area (Å²) < 4.78 is 0. The molecule has 0 spiro atoms. The zero-order valence-electron chi connectivity index (χ0n) is 10.5. The largest absolute Gasteiger partial charge is 0.369 e. The van der Waals surface area contributed by atoms with Crippen LogP contribution in [0, 0.1) is 5.92 Å². The lowest BCUT2D eigenvalue weighted by Gasteiger charge is -2.22. The van der Waals surface area contributed by atoms with Crippen molar-refractivity contribution in [3.8, 4) is 0 Å². The molecule has 19 heavy (non-hydrogen) atoms. The number of allylic oxidation sites excluding steroid dienone is 1. The molecule has 2 rings (SSSR count). The molecule has 1 aromatic carbocycles. The normalized spacial score (nSPS) is 19.3. The summed E-state index contributed by atoms with van der Waals surface area (Å²) in [5.74, 6) is -1.84. The van der Waals surface area contributed by atoms with Gasteiger partial charge in [0.25, 0.3) is 5.91 Å². The molecule has 0 bridgehead atoms. The molecule has 2 N–H and O–H groups in total. The van der Waals surface area contributed by atoms with Crippen molar-refractivity contribution in [2.75, 3.05) is 6.54 Å². The van der Waals surface area contributed by atoms with E-state index in [0.717, 1.165) is 5.56 Å². The van der Waals surface area contributed by atoms with E-state index in [-0.39, 0.29) is 12.5 Å². The van der Waals surface area contributed by atoms with E-state index in [4.69, 9.17) is 10.6 Å². The molecule has 5 heteroatoms. The molecule has 1 atom stereocenters. The van der Waals surface area contributed by atoms with Crippen molar-refractivity contribution in [1.29, 1.82) is 0 Å². The number of hydroxylamine groups is 2. The Labute approximate surface area is 111 Å². The zero-order chi connectivity index (χ0) is 13.7. The van der Waals surface area contributed by atoms with Gasteiger partial charge >= 0.3 is 0 Å². The Hall–Kier alpha value is -2.14. The summed E-state index contributed by atoms with van der Waals surface area (Å²) in [5, 5.41) is 1.20.